The van der Waals surface area contributed by atoms with Crippen LogP contribution in [0.15, 0.2) is 60.9 Å². The van der Waals surface area contributed by atoms with Crippen LogP contribution in [0.1, 0.15) is 49.7 Å². The summed E-state index contributed by atoms with van der Waals surface area (Å²) in [4.78, 5) is 0. The number of hydrogen-bond acceptors (Lipinski definition) is 0. The third-order valence-corrected chi connectivity index (χ3v) is 5.70. The smallest absolute Gasteiger partial charge is 0.0480 e. The van der Waals surface area contributed by atoms with Crippen LogP contribution in [0.2, 0.25) is 0 Å². The lowest BCUT2D eigenvalue weighted by Gasteiger charge is -2.16. The summed E-state index contributed by atoms with van der Waals surface area (Å²) in [5.41, 5.74) is 5.58. The standard InChI is InChI=1S/C24H28N2/c1-4-5-6-11-18(21-16-25(2)23-14-9-7-12-19(21)23)22-17-26(3)24-15-10-8-13-20(22)24/h7-10,12-18H,4-6,11H2,1-3H3. The van der Waals surface area contributed by atoms with E-state index in [9.17, 15) is 0 Å². The van der Waals surface area contributed by atoms with Gasteiger partial charge in [0.15, 0.2) is 0 Å². The van der Waals surface area contributed by atoms with Crippen molar-refractivity contribution in [1.82, 2.24) is 9.13 Å². The minimum absolute atomic E-state index is 0.443. The average molecular weight is 345 g/mol. The van der Waals surface area contributed by atoms with E-state index in [1.54, 1.807) is 0 Å². The molecule has 2 heterocycles. The Kier molecular flexibility index (Phi) is 4.58. The van der Waals surface area contributed by atoms with Crippen molar-refractivity contribution >= 4 is 21.8 Å². The number of unbranched alkanes of at least 4 members (excludes halogenated alkanes) is 2. The van der Waals surface area contributed by atoms with Gasteiger partial charge in [-0.05, 0) is 29.7 Å². The first kappa shape index (κ1) is 17.0. The van der Waals surface area contributed by atoms with Crippen LogP contribution in [0.3, 0.4) is 0 Å². The molecule has 0 unspecified atom stereocenters. The maximum absolute atomic E-state index is 2.35. The first-order valence-electron chi connectivity index (χ1n) is 9.78. The largest absolute Gasteiger partial charge is 0.350 e. The lowest BCUT2D eigenvalue weighted by Crippen LogP contribution is -2.01. The molecule has 0 aliphatic carbocycles. The zero-order valence-corrected chi connectivity index (χ0v) is 16.1. The third kappa shape index (κ3) is 2.84. The molecule has 0 bridgehead atoms. The van der Waals surface area contributed by atoms with Crippen molar-refractivity contribution in [3.63, 3.8) is 0 Å². The number of para-hydroxylation sites is 2. The van der Waals surface area contributed by atoms with E-state index in [0.717, 1.165) is 0 Å². The Hall–Kier alpha value is -2.48. The molecule has 2 nitrogen and oxygen atoms in total. The summed E-state index contributed by atoms with van der Waals surface area (Å²) in [7, 11) is 4.33. The predicted octanol–water partition coefficient (Wildman–Crippen LogP) is 6.38. The van der Waals surface area contributed by atoms with Gasteiger partial charge >= 0.3 is 0 Å². The minimum Gasteiger partial charge on any atom is -0.350 e. The SMILES string of the molecule is CCCCCC(c1cn(C)c2ccccc12)c1cn(C)c2ccccc12. The van der Waals surface area contributed by atoms with Crippen LogP contribution in [0.25, 0.3) is 21.8 Å². The van der Waals surface area contributed by atoms with E-state index in [0.29, 0.717) is 5.92 Å². The van der Waals surface area contributed by atoms with Crippen molar-refractivity contribution in [3.05, 3.63) is 72.1 Å². The number of rotatable bonds is 6. The van der Waals surface area contributed by atoms with Crippen molar-refractivity contribution in [2.24, 2.45) is 14.1 Å². The molecular weight excluding hydrogens is 316 g/mol. The fraction of sp³-hybridized carbons (Fsp3) is 0.333. The molecule has 2 aromatic carbocycles. The maximum atomic E-state index is 2.35. The van der Waals surface area contributed by atoms with Crippen molar-refractivity contribution < 1.29 is 0 Å². The Bertz CT molecular complexity index is 955. The fourth-order valence-electron chi connectivity index (χ4n) is 4.38. The molecular formula is C24H28N2. The molecule has 0 saturated heterocycles. The Morgan fingerprint density at radius 2 is 1.23 bits per heavy atom. The van der Waals surface area contributed by atoms with Crippen LogP contribution >= 0.6 is 0 Å². The van der Waals surface area contributed by atoms with Crippen molar-refractivity contribution in [2.45, 2.75) is 38.5 Å². The average Bonchev–Trinajstić information content (AvgIpc) is 3.18. The molecule has 0 amide bonds. The van der Waals surface area contributed by atoms with Crippen LogP contribution < -0.4 is 0 Å². The Morgan fingerprint density at radius 1 is 0.731 bits per heavy atom. The van der Waals surface area contributed by atoms with Crippen LogP contribution in [0, 0.1) is 0 Å². The quantitative estimate of drug-likeness (QED) is 0.359. The second kappa shape index (κ2) is 7.03. The van der Waals surface area contributed by atoms with E-state index in [1.807, 2.05) is 0 Å². The van der Waals surface area contributed by atoms with E-state index in [1.165, 1.54) is 58.6 Å². The highest BCUT2D eigenvalue weighted by atomic mass is 14.9. The molecule has 2 heteroatoms. The predicted molar refractivity (Wildman–Crippen MR) is 112 cm³/mol. The molecule has 0 aliphatic rings. The zero-order chi connectivity index (χ0) is 18.1. The number of aryl methyl sites for hydroxylation is 2. The summed E-state index contributed by atoms with van der Waals surface area (Å²) in [6.45, 7) is 2.28. The molecule has 0 radical (unpaired) electrons. The lowest BCUT2D eigenvalue weighted by atomic mass is 9.86. The number of aromatic nitrogens is 2. The molecule has 4 rings (SSSR count). The van der Waals surface area contributed by atoms with Gasteiger partial charge in [-0.25, -0.2) is 0 Å². The zero-order valence-electron chi connectivity index (χ0n) is 16.1. The maximum Gasteiger partial charge on any atom is 0.0480 e. The number of benzene rings is 2. The first-order valence-corrected chi connectivity index (χ1v) is 9.78. The summed E-state index contributed by atoms with van der Waals surface area (Å²) in [5, 5.41) is 2.79. The van der Waals surface area contributed by atoms with Crippen LogP contribution in [-0.4, -0.2) is 9.13 Å². The molecule has 0 saturated carbocycles. The molecule has 2 aromatic heterocycles. The van der Waals surface area contributed by atoms with Gasteiger partial charge in [-0.3, -0.25) is 0 Å². The van der Waals surface area contributed by atoms with E-state index < -0.39 is 0 Å². The number of hydrogen-bond donors (Lipinski definition) is 0. The number of nitrogens with zero attached hydrogens (tertiary/aromatic N) is 2. The summed E-state index contributed by atoms with van der Waals surface area (Å²) in [6, 6.07) is 17.6. The molecule has 0 fully saturated rings. The van der Waals surface area contributed by atoms with Crippen molar-refractivity contribution in [2.75, 3.05) is 0 Å². The summed E-state index contributed by atoms with van der Waals surface area (Å²) < 4.78 is 4.56. The summed E-state index contributed by atoms with van der Waals surface area (Å²) in [6.07, 6.45) is 9.74. The van der Waals surface area contributed by atoms with Gasteiger partial charge in [0.25, 0.3) is 0 Å². The highest BCUT2D eigenvalue weighted by Crippen LogP contribution is 2.39. The third-order valence-electron chi connectivity index (χ3n) is 5.70. The topological polar surface area (TPSA) is 9.86 Å². The van der Waals surface area contributed by atoms with E-state index in [4.69, 9.17) is 0 Å². The summed E-state index contributed by atoms with van der Waals surface area (Å²) >= 11 is 0. The van der Waals surface area contributed by atoms with Gasteiger partial charge in [-0.1, -0.05) is 62.6 Å². The van der Waals surface area contributed by atoms with E-state index in [2.05, 4.69) is 91.1 Å². The van der Waals surface area contributed by atoms with Crippen LogP contribution in [-0.2, 0) is 14.1 Å². The number of fused-ring (bicyclic) bond motifs is 2. The highest BCUT2D eigenvalue weighted by Gasteiger charge is 2.22. The van der Waals surface area contributed by atoms with Gasteiger partial charge in [0.2, 0.25) is 0 Å². The molecule has 4 aromatic rings. The fourth-order valence-corrected chi connectivity index (χ4v) is 4.38. The highest BCUT2D eigenvalue weighted by molar-refractivity contribution is 5.88. The van der Waals surface area contributed by atoms with Gasteiger partial charge in [-0.2, -0.15) is 0 Å². The first-order chi connectivity index (χ1) is 12.7. The monoisotopic (exact) mass is 344 g/mol. The van der Waals surface area contributed by atoms with Crippen LogP contribution in [0.5, 0.6) is 0 Å². The van der Waals surface area contributed by atoms with E-state index >= 15 is 0 Å². The molecule has 0 aliphatic heterocycles. The minimum atomic E-state index is 0.443. The van der Waals surface area contributed by atoms with Gasteiger partial charge in [-0.15, -0.1) is 0 Å². The molecule has 134 valence electrons. The van der Waals surface area contributed by atoms with Crippen LogP contribution in [0.4, 0.5) is 0 Å². The second-order valence-electron chi connectivity index (χ2n) is 7.47. The molecule has 0 atom stereocenters. The second-order valence-corrected chi connectivity index (χ2v) is 7.47. The Labute approximate surface area is 156 Å². The van der Waals surface area contributed by atoms with Crippen molar-refractivity contribution in [3.8, 4) is 0 Å². The van der Waals surface area contributed by atoms with Gasteiger partial charge < -0.3 is 9.13 Å². The Balaban J connectivity index is 1.89. The molecule has 26 heavy (non-hydrogen) atoms. The van der Waals surface area contributed by atoms with Crippen molar-refractivity contribution in [1.29, 1.82) is 0 Å². The van der Waals surface area contributed by atoms with Gasteiger partial charge in [0.05, 0.1) is 0 Å². The lowest BCUT2D eigenvalue weighted by molar-refractivity contribution is 0.621. The Morgan fingerprint density at radius 3 is 1.73 bits per heavy atom. The van der Waals surface area contributed by atoms with Gasteiger partial charge in [0.1, 0.15) is 0 Å². The molecule has 0 N–H and O–H groups in total. The normalized spacial score (nSPS) is 11.8. The van der Waals surface area contributed by atoms with Gasteiger partial charge in [0, 0.05) is 54.2 Å². The molecule has 0 spiro atoms. The van der Waals surface area contributed by atoms with E-state index in [-0.39, 0.29) is 0 Å². The summed E-state index contributed by atoms with van der Waals surface area (Å²) in [5.74, 6) is 0.443.